The lowest BCUT2D eigenvalue weighted by Gasteiger charge is -2.32. The number of ether oxygens (including phenoxy) is 1. The molecule has 1 aliphatic heterocycles. The number of carbonyl (C=O) groups is 1. The maximum absolute atomic E-state index is 12.8. The Kier molecular flexibility index (Phi) is 6.43. The minimum Gasteiger partial charge on any atom is -0.497 e. The topological polar surface area (TPSA) is 42.4 Å². The van der Waals surface area contributed by atoms with Crippen LogP contribution in [0.3, 0.4) is 0 Å². The predicted molar refractivity (Wildman–Crippen MR) is 120 cm³/mol. The molecule has 154 valence electrons. The van der Waals surface area contributed by atoms with E-state index in [0.29, 0.717) is 6.42 Å². The van der Waals surface area contributed by atoms with E-state index in [9.17, 15) is 4.79 Å². The maximum atomic E-state index is 12.8. The van der Waals surface area contributed by atoms with Gasteiger partial charge < -0.3 is 9.64 Å². The van der Waals surface area contributed by atoms with E-state index in [2.05, 4.69) is 24.3 Å². The third kappa shape index (κ3) is 4.88. The summed E-state index contributed by atoms with van der Waals surface area (Å²) in [5.74, 6) is 1.37. The molecule has 2 heterocycles. The van der Waals surface area contributed by atoms with Gasteiger partial charge in [0.2, 0.25) is 5.91 Å². The molecule has 0 radical (unpaired) electrons. The number of hydrogen-bond acceptors (Lipinski definition) is 3. The van der Waals surface area contributed by atoms with Crippen LogP contribution in [-0.4, -0.2) is 36.0 Å². The Morgan fingerprint density at radius 1 is 1.03 bits per heavy atom. The molecule has 4 nitrogen and oxygen atoms in total. The Morgan fingerprint density at radius 3 is 2.60 bits per heavy atom. The molecule has 3 aromatic rings. The van der Waals surface area contributed by atoms with Crippen molar-refractivity contribution < 1.29 is 9.53 Å². The monoisotopic (exact) mass is 400 g/mol. The number of piperidine rings is 1. The van der Waals surface area contributed by atoms with Gasteiger partial charge in [0.15, 0.2) is 0 Å². The minimum atomic E-state index is 0.245. The second-order valence-electron chi connectivity index (χ2n) is 7.84. The highest BCUT2D eigenvalue weighted by Gasteiger charge is 2.25. The molecule has 0 spiro atoms. The summed E-state index contributed by atoms with van der Waals surface area (Å²) >= 11 is 0. The van der Waals surface area contributed by atoms with Crippen LogP contribution in [0.15, 0.2) is 72.8 Å². The van der Waals surface area contributed by atoms with Crippen molar-refractivity contribution in [1.82, 2.24) is 9.88 Å². The Labute approximate surface area is 178 Å². The first-order chi connectivity index (χ1) is 14.7. The van der Waals surface area contributed by atoms with Gasteiger partial charge in [0.1, 0.15) is 5.75 Å². The highest BCUT2D eigenvalue weighted by atomic mass is 16.5. The summed E-state index contributed by atoms with van der Waals surface area (Å²) < 4.78 is 5.25. The molecule has 1 aliphatic rings. The van der Waals surface area contributed by atoms with Gasteiger partial charge in [-0.25, -0.2) is 0 Å². The lowest BCUT2D eigenvalue weighted by atomic mass is 9.93. The summed E-state index contributed by atoms with van der Waals surface area (Å²) in [7, 11) is 1.67. The van der Waals surface area contributed by atoms with Crippen LogP contribution in [0, 0.1) is 0 Å². The predicted octanol–water partition coefficient (Wildman–Crippen LogP) is 5.10. The molecular formula is C26H28N2O2. The molecule has 0 aliphatic carbocycles. The summed E-state index contributed by atoms with van der Waals surface area (Å²) in [4.78, 5) is 19.7. The van der Waals surface area contributed by atoms with Gasteiger partial charge in [-0.1, -0.05) is 36.4 Å². The number of aromatic nitrogens is 1. The molecule has 4 rings (SSSR count). The average molecular weight is 401 g/mol. The van der Waals surface area contributed by atoms with Gasteiger partial charge in [0, 0.05) is 36.7 Å². The molecule has 1 atom stereocenters. The largest absolute Gasteiger partial charge is 0.497 e. The van der Waals surface area contributed by atoms with E-state index < -0.39 is 0 Å². The van der Waals surface area contributed by atoms with Gasteiger partial charge in [-0.3, -0.25) is 9.78 Å². The average Bonchev–Trinajstić information content (AvgIpc) is 2.83. The van der Waals surface area contributed by atoms with Crippen LogP contribution in [0.4, 0.5) is 0 Å². The van der Waals surface area contributed by atoms with E-state index in [-0.39, 0.29) is 11.8 Å². The Balaban J connectivity index is 1.42. The summed E-state index contributed by atoms with van der Waals surface area (Å²) in [6.07, 6.45) is 3.46. The Morgan fingerprint density at radius 2 is 1.83 bits per heavy atom. The van der Waals surface area contributed by atoms with Crippen molar-refractivity contribution in [2.75, 3.05) is 20.2 Å². The molecule has 4 heteroatoms. The molecule has 2 aromatic carbocycles. The van der Waals surface area contributed by atoms with Gasteiger partial charge in [-0.2, -0.15) is 0 Å². The molecule has 0 unspecified atom stereocenters. The van der Waals surface area contributed by atoms with Crippen molar-refractivity contribution in [1.29, 1.82) is 0 Å². The molecular weight excluding hydrogens is 372 g/mol. The van der Waals surface area contributed by atoms with Crippen molar-refractivity contribution in [2.45, 2.75) is 31.6 Å². The first-order valence-corrected chi connectivity index (χ1v) is 10.7. The van der Waals surface area contributed by atoms with Crippen molar-refractivity contribution >= 4 is 5.91 Å². The minimum absolute atomic E-state index is 0.245. The van der Waals surface area contributed by atoms with E-state index in [0.717, 1.165) is 55.1 Å². The fourth-order valence-electron chi connectivity index (χ4n) is 4.10. The number of rotatable bonds is 6. The fourth-order valence-corrected chi connectivity index (χ4v) is 4.10. The quantitative estimate of drug-likeness (QED) is 0.578. The van der Waals surface area contributed by atoms with Gasteiger partial charge in [-0.05, 0) is 61.2 Å². The van der Waals surface area contributed by atoms with Crippen LogP contribution in [0.5, 0.6) is 5.75 Å². The molecule has 30 heavy (non-hydrogen) atoms. The van der Waals surface area contributed by atoms with E-state index in [1.165, 1.54) is 5.56 Å². The molecule has 0 saturated carbocycles. The number of methoxy groups -OCH3 is 1. The van der Waals surface area contributed by atoms with Crippen molar-refractivity contribution in [3.8, 4) is 17.0 Å². The lowest BCUT2D eigenvalue weighted by molar-refractivity contribution is -0.132. The molecule has 1 saturated heterocycles. The molecule has 1 aromatic heterocycles. The maximum Gasteiger partial charge on any atom is 0.222 e. The third-order valence-electron chi connectivity index (χ3n) is 5.82. The SMILES string of the molecule is COc1ccc(-c2cccc([C@H]3CCCN(C(=O)CCc4ccccc4)C3)n2)cc1. The standard InChI is InChI=1S/C26H28N2O2/c1-30-23-15-13-21(14-16-23)24-10-5-11-25(27-24)22-9-6-18-28(19-22)26(29)17-12-20-7-3-2-4-8-20/h2-5,7-8,10-11,13-16,22H,6,9,12,17-19H2,1H3/t22-/m0/s1. The van der Waals surface area contributed by atoms with E-state index in [4.69, 9.17) is 9.72 Å². The van der Waals surface area contributed by atoms with Crippen LogP contribution in [-0.2, 0) is 11.2 Å². The molecule has 0 bridgehead atoms. The Hall–Kier alpha value is -3.14. The molecule has 1 fully saturated rings. The summed E-state index contributed by atoms with van der Waals surface area (Å²) in [6, 6.07) is 24.4. The zero-order chi connectivity index (χ0) is 20.8. The number of carbonyl (C=O) groups excluding carboxylic acids is 1. The fraction of sp³-hybridized carbons (Fsp3) is 0.308. The number of amides is 1. The van der Waals surface area contributed by atoms with E-state index in [1.54, 1.807) is 7.11 Å². The number of nitrogens with zero attached hydrogens (tertiary/aromatic N) is 2. The number of hydrogen-bond donors (Lipinski definition) is 0. The third-order valence-corrected chi connectivity index (χ3v) is 5.82. The summed E-state index contributed by atoms with van der Waals surface area (Å²) in [5, 5.41) is 0. The summed E-state index contributed by atoms with van der Waals surface area (Å²) in [5.41, 5.74) is 4.32. The van der Waals surface area contributed by atoms with Crippen LogP contribution < -0.4 is 4.74 Å². The smallest absolute Gasteiger partial charge is 0.222 e. The zero-order valence-electron chi connectivity index (χ0n) is 17.5. The normalized spacial score (nSPS) is 16.3. The second-order valence-corrected chi connectivity index (χ2v) is 7.84. The molecule has 0 N–H and O–H groups in total. The van der Waals surface area contributed by atoms with Gasteiger partial charge in [0.25, 0.3) is 0 Å². The Bertz CT molecular complexity index is 970. The number of aryl methyl sites for hydroxylation is 1. The van der Waals surface area contributed by atoms with Crippen molar-refractivity contribution in [3.05, 3.63) is 84.1 Å². The zero-order valence-corrected chi connectivity index (χ0v) is 17.5. The second kappa shape index (κ2) is 9.57. The number of likely N-dealkylation sites (tertiary alicyclic amines) is 1. The first-order valence-electron chi connectivity index (χ1n) is 10.7. The van der Waals surface area contributed by atoms with Gasteiger partial charge in [0.05, 0.1) is 12.8 Å². The van der Waals surface area contributed by atoms with Gasteiger partial charge >= 0.3 is 0 Å². The summed E-state index contributed by atoms with van der Waals surface area (Å²) in [6.45, 7) is 1.61. The van der Waals surface area contributed by atoms with E-state index >= 15 is 0 Å². The van der Waals surface area contributed by atoms with E-state index in [1.807, 2.05) is 53.4 Å². The lowest BCUT2D eigenvalue weighted by Crippen LogP contribution is -2.39. The van der Waals surface area contributed by atoms with Crippen LogP contribution in [0.2, 0.25) is 0 Å². The van der Waals surface area contributed by atoms with Gasteiger partial charge in [-0.15, -0.1) is 0 Å². The van der Waals surface area contributed by atoms with Crippen LogP contribution in [0.25, 0.3) is 11.3 Å². The highest BCUT2D eigenvalue weighted by Crippen LogP contribution is 2.28. The first kappa shape index (κ1) is 20.1. The number of benzene rings is 2. The number of pyridine rings is 1. The van der Waals surface area contributed by atoms with Crippen molar-refractivity contribution in [3.63, 3.8) is 0 Å². The highest BCUT2D eigenvalue weighted by molar-refractivity contribution is 5.76. The van der Waals surface area contributed by atoms with Crippen LogP contribution >= 0.6 is 0 Å². The molecule has 1 amide bonds. The van der Waals surface area contributed by atoms with Crippen molar-refractivity contribution in [2.24, 2.45) is 0 Å². The van der Waals surface area contributed by atoms with Crippen LogP contribution in [0.1, 0.15) is 36.4 Å².